The molecular formula is C17H11BrCl4N4. The average Bonchev–Trinajstić information content (AvgIpc) is 2.60. The lowest BCUT2D eigenvalue weighted by Crippen LogP contribution is -1.89. The Bertz CT molecular complexity index is 917. The highest BCUT2D eigenvalue weighted by atomic mass is 79.9. The fourth-order valence-corrected chi connectivity index (χ4v) is 2.69. The van der Waals surface area contributed by atoms with Crippen molar-refractivity contribution >= 4 is 80.2 Å². The second-order valence-electron chi connectivity index (χ2n) is 4.79. The minimum Gasteiger partial charge on any atom is -0.382 e. The maximum Gasteiger partial charge on any atom is 0.170 e. The first-order valence-electron chi connectivity index (χ1n) is 7.02. The van der Waals surface area contributed by atoms with Crippen LogP contribution in [0.2, 0.25) is 20.1 Å². The molecule has 0 unspecified atom stereocenters. The first-order valence-corrected chi connectivity index (χ1v) is 9.33. The van der Waals surface area contributed by atoms with Gasteiger partial charge in [-0.15, -0.1) is 0 Å². The van der Waals surface area contributed by atoms with Crippen molar-refractivity contribution in [3.63, 3.8) is 0 Å². The molecule has 9 heteroatoms. The number of aromatic nitrogens is 2. The summed E-state index contributed by atoms with van der Waals surface area (Å²) in [5, 5.41) is 1.82. The van der Waals surface area contributed by atoms with Crippen molar-refractivity contribution < 1.29 is 0 Å². The maximum atomic E-state index is 5.95. The van der Waals surface area contributed by atoms with Crippen molar-refractivity contribution in [2.75, 3.05) is 5.73 Å². The SMILES string of the molecule is Clc1cnc(N=Cc2ccc(Br)cc2)c(Cl)c1.Nc1ncc(Cl)cc1Cl. The van der Waals surface area contributed by atoms with E-state index in [1.165, 1.54) is 12.4 Å². The molecule has 2 heterocycles. The van der Waals surface area contributed by atoms with Crippen molar-refractivity contribution in [1.82, 2.24) is 9.97 Å². The molecule has 2 aromatic heterocycles. The van der Waals surface area contributed by atoms with E-state index >= 15 is 0 Å². The van der Waals surface area contributed by atoms with Crippen molar-refractivity contribution in [2.45, 2.75) is 0 Å². The van der Waals surface area contributed by atoms with Crippen LogP contribution in [-0.2, 0) is 0 Å². The van der Waals surface area contributed by atoms with Crippen LogP contribution in [0.15, 0.2) is 58.3 Å². The third-order valence-electron chi connectivity index (χ3n) is 2.83. The molecule has 2 N–H and O–H groups in total. The lowest BCUT2D eigenvalue weighted by molar-refractivity contribution is 1.28. The lowest BCUT2D eigenvalue weighted by Gasteiger charge is -1.97. The molecule has 0 amide bonds. The second-order valence-corrected chi connectivity index (χ2v) is 7.39. The van der Waals surface area contributed by atoms with E-state index in [0.29, 0.717) is 31.7 Å². The molecule has 0 bridgehead atoms. The van der Waals surface area contributed by atoms with Gasteiger partial charge in [0.15, 0.2) is 5.82 Å². The zero-order chi connectivity index (χ0) is 19.1. The molecule has 0 aliphatic rings. The van der Waals surface area contributed by atoms with Gasteiger partial charge in [0.25, 0.3) is 0 Å². The highest BCUT2D eigenvalue weighted by molar-refractivity contribution is 9.10. The van der Waals surface area contributed by atoms with E-state index in [-0.39, 0.29) is 0 Å². The standard InChI is InChI=1S/C12H7BrCl2N2.C5H4Cl2N2/c13-9-3-1-8(2-4-9)6-16-12-11(15)5-10(14)7-17-12;6-3-1-4(7)5(8)9-2-3/h1-7H;1-2H,(H2,8,9). The minimum absolute atomic E-state index is 0.307. The normalized spacial score (nSPS) is 10.5. The van der Waals surface area contributed by atoms with Gasteiger partial charge in [-0.1, -0.05) is 74.5 Å². The smallest absolute Gasteiger partial charge is 0.170 e. The van der Waals surface area contributed by atoms with Gasteiger partial charge in [-0.2, -0.15) is 0 Å². The summed E-state index contributed by atoms with van der Waals surface area (Å²) in [5.41, 5.74) is 6.26. The number of benzene rings is 1. The summed E-state index contributed by atoms with van der Waals surface area (Å²) in [6.07, 6.45) is 4.67. The second kappa shape index (κ2) is 10.1. The summed E-state index contributed by atoms with van der Waals surface area (Å²) >= 11 is 26.1. The zero-order valence-electron chi connectivity index (χ0n) is 13.0. The van der Waals surface area contributed by atoms with Crippen LogP contribution in [-0.4, -0.2) is 16.2 Å². The fourth-order valence-electron chi connectivity index (χ4n) is 1.61. The Hall–Kier alpha value is -1.37. The number of nitrogens with zero attached hydrogens (tertiary/aromatic N) is 3. The zero-order valence-corrected chi connectivity index (χ0v) is 17.6. The Morgan fingerprint density at radius 1 is 0.885 bits per heavy atom. The van der Waals surface area contributed by atoms with Crippen molar-refractivity contribution in [1.29, 1.82) is 0 Å². The molecule has 0 radical (unpaired) electrons. The predicted molar refractivity (Wildman–Crippen MR) is 114 cm³/mol. The summed E-state index contributed by atoms with van der Waals surface area (Å²) in [7, 11) is 0. The van der Waals surface area contributed by atoms with Crippen LogP contribution in [0.1, 0.15) is 5.56 Å². The Morgan fingerprint density at radius 3 is 2.00 bits per heavy atom. The van der Waals surface area contributed by atoms with E-state index in [0.717, 1.165) is 10.0 Å². The largest absolute Gasteiger partial charge is 0.382 e. The van der Waals surface area contributed by atoms with Gasteiger partial charge in [0.2, 0.25) is 0 Å². The third-order valence-corrected chi connectivity index (χ3v) is 4.35. The molecule has 0 aliphatic carbocycles. The molecule has 26 heavy (non-hydrogen) atoms. The van der Waals surface area contributed by atoms with Crippen molar-refractivity contribution in [3.8, 4) is 0 Å². The summed E-state index contributed by atoms with van der Waals surface area (Å²) in [4.78, 5) is 11.9. The number of aliphatic imine (C=N–C) groups is 1. The van der Waals surface area contributed by atoms with Crippen LogP contribution in [0.4, 0.5) is 11.6 Å². The van der Waals surface area contributed by atoms with Crippen LogP contribution < -0.4 is 5.73 Å². The first-order chi connectivity index (χ1) is 12.3. The van der Waals surface area contributed by atoms with E-state index in [9.17, 15) is 0 Å². The number of rotatable bonds is 2. The average molecular weight is 493 g/mol. The number of anilines is 1. The quantitative estimate of drug-likeness (QED) is 0.397. The third kappa shape index (κ3) is 6.74. The molecular weight excluding hydrogens is 482 g/mol. The Morgan fingerprint density at radius 2 is 1.46 bits per heavy atom. The molecule has 0 fully saturated rings. The van der Waals surface area contributed by atoms with Gasteiger partial charge in [-0.25, -0.2) is 15.0 Å². The first kappa shape index (κ1) is 20.9. The van der Waals surface area contributed by atoms with Gasteiger partial charge >= 0.3 is 0 Å². The number of pyridine rings is 2. The van der Waals surface area contributed by atoms with Crippen LogP contribution >= 0.6 is 62.3 Å². The number of halogens is 5. The lowest BCUT2D eigenvalue weighted by atomic mass is 10.2. The van der Waals surface area contributed by atoms with E-state index < -0.39 is 0 Å². The van der Waals surface area contributed by atoms with Crippen LogP contribution in [0.25, 0.3) is 0 Å². The fraction of sp³-hybridized carbons (Fsp3) is 0. The van der Waals surface area contributed by atoms with Gasteiger partial charge < -0.3 is 5.73 Å². The summed E-state index contributed by atoms with van der Waals surface area (Å²) in [6, 6.07) is 10.9. The van der Waals surface area contributed by atoms with Gasteiger partial charge in [0.05, 0.1) is 20.1 Å². The van der Waals surface area contributed by atoms with Gasteiger partial charge in [0.1, 0.15) is 5.82 Å². The topological polar surface area (TPSA) is 64.2 Å². The van der Waals surface area contributed by atoms with Gasteiger partial charge in [-0.3, -0.25) is 0 Å². The highest BCUT2D eigenvalue weighted by Gasteiger charge is 2.00. The van der Waals surface area contributed by atoms with Gasteiger partial charge in [0, 0.05) is 23.1 Å². The maximum absolute atomic E-state index is 5.95. The molecule has 3 rings (SSSR count). The monoisotopic (exact) mass is 490 g/mol. The van der Waals surface area contributed by atoms with Crippen molar-refractivity contribution in [3.05, 3.63) is 78.9 Å². The molecule has 0 saturated heterocycles. The molecule has 4 nitrogen and oxygen atoms in total. The van der Waals surface area contributed by atoms with Crippen LogP contribution in [0.5, 0.6) is 0 Å². The summed E-state index contributed by atoms with van der Waals surface area (Å²) in [6.45, 7) is 0. The van der Waals surface area contributed by atoms with E-state index in [1.807, 2.05) is 24.3 Å². The van der Waals surface area contributed by atoms with E-state index in [1.54, 1.807) is 18.3 Å². The van der Waals surface area contributed by atoms with E-state index in [2.05, 4.69) is 30.9 Å². The highest BCUT2D eigenvalue weighted by Crippen LogP contribution is 2.24. The minimum atomic E-state index is 0.307. The number of hydrogen-bond acceptors (Lipinski definition) is 4. The number of nitrogen functional groups attached to an aromatic ring is 1. The molecule has 1 aromatic carbocycles. The Labute approximate surface area is 179 Å². The van der Waals surface area contributed by atoms with Gasteiger partial charge in [-0.05, 0) is 29.8 Å². The number of hydrogen-bond donors (Lipinski definition) is 1. The van der Waals surface area contributed by atoms with Crippen LogP contribution in [0, 0.1) is 0 Å². The molecule has 0 spiro atoms. The molecule has 0 aliphatic heterocycles. The Kier molecular flexibility index (Phi) is 8.13. The molecule has 3 aromatic rings. The van der Waals surface area contributed by atoms with E-state index in [4.69, 9.17) is 52.1 Å². The molecule has 0 saturated carbocycles. The summed E-state index contributed by atoms with van der Waals surface area (Å²) in [5.74, 6) is 0.764. The van der Waals surface area contributed by atoms with Crippen molar-refractivity contribution in [2.24, 2.45) is 4.99 Å². The number of nitrogens with two attached hydrogens (primary N) is 1. The predicted octanol–water partition coefficient (Wildman–Crippen LogP) is 6.87. The molecule has 0 atom stereocenters. The molecule has 134 valence electrons. The Balaban J connectivity index is 0.000000228. The summed E-state index contributed by atoms with van der Waals surface area (Å²) < 4.78 is 1.03. The van der Waals surface area contributed by atoms with Crippen LogP contribution in [0.3, 0.4) is 0 Å².